The number of morpholine rings is 1. The van der Waals surface area contributed by atoms with Crippen molar-refractivity contribution in [3.63, 3.8) is 0 Å². The molecular formula is C20H32FIN4O3. The molecule has 1 aliphatic rings. The van der Waals surface area contributed by atoms with Crippen molar-refractivity contribution >= 4 is 35.9 Å². The normalized spacial score (nSPS) is 17.0. The number of carbonyl (C=O) groups excluding carboxylic acids is 1. The number of nitrogens with zero attached hydrogens (tertiary/aromatic N) is 2. The maximum absolute atomic E-state index is 13.4. The molecule has 2 rings (SSSR count). The fraction of sp³-hybridized carbons (Fsp3) is 0.600. The van der Waals surface area contributed by atoms with Gasteiger partial charge in [-0.3, -0.25) is 14.7 Å². The highest BCUT2D eigenvalue weighted by Gasteiger charge is 2.23. The molecule has 164 valence electrons. The Labute approximate surface area is 189 Å². The zero-order chi connectivity index (χ0) is 20.4. The maximum Gasteiger partial charge on any atom is 0.310 e. The zero-order valence-electron chi connectivity index (χ0n) is 17.3. The van der Waals surface area contributed by atoms with Crippen LogP contribution in [-0.4, -0.2) is 69.9 Å². The third-order valence-corrected chi connectivity index (χ3v) is 4.68. The Morgan fingerprint density at radius 3 is 2.52 bits per heavy atom. The summed E-state index contributed by atoms with van der Waals surface area (Å²) in [6, 6.07) is 6.67. The summed E-state index contributed by atoms with van der Waals surface area (Å²) in [5, 5.41) is 6.55. The molecule has 9 heteroatoms. The van der Waals surface area contributed by atoms with Crippen molar-refractivity contribution in [2.75, 3.05) is 53.0 Å². The van der Waals surface area contributed by atoms with Crippen LogP contribution in [0, 0.1) is 11.7 Å². The first-order valence-electron chi connectivity index (χ1n) is 9.72. The number of guanidine groups is 1. The van der Waals surface area contributed by atoms with E-state index in [1.807, 2.05) is 19.1 Å². The van der Waals surface area contributed by atoms with Crippen molar-refractivity contribution in [1.82, 2.24) is 15.5 Å². The molecule has 0 aromatic heterocycles. The van der Waals surface area contributed by atoms with Crippen LogP contribution < -0.4 is 10.6 Å². The summed E-state index contributed by atoms with van der Waals surface area (Å²) in [6.45, 7) is 8.41. The average molecular weight is 522 g/mol. The van der Waals surface area contributed by atoms with Crippen LogP contribution in [0.5, 0.6) is 0 Å². The summed E-state index contributed by atoms with van der Waals surface area (Å²) < 4.78 is 23.6. The van der Waals surface area contributed by atoms with Crippen molar-refractivity contribution in [3.8, 4) is 0 Å². The maximum atomic E-state index is 13.4. The predicted molar refractivity (Wildman–Crippen MR) is 122 cm³/mol. The standard InChI is InChI=1S/C20H31FN4O3.HI/c1-4-22-20(23-13-15(2)19(26)27-3)24-14-18(25-9-11-28-12-10-25)16-5-7-17(21)8-6-16;/h5-8,15,18H,4,9-14H2,1-3H3,(H2,22,23,24);1H. The molecule has 0 saturated carbocycles. The van der Waals surface area contributed by atoms with E-state index in [9.17, 15) is 9.18 Å². The number of benzene rings is 1. The number of nitrogens with one attached hydrogen (secondary N) is 2. The highest BCUT2D eigenvalue weighted by Crippen LogP contribution is 2.21. The van der Waals surface area contributed by atoms with E-state index in [2.05, 4.69) is 20.5 Å². The molecule has 1 aromatic rings. The third-order valence-electron chi connectivity index (χ3n) is 4.68. The van der Waals surface area contributed by atoms with Crippen molar-refractivity contribution in [1.29, 1.82) is 0 Å². The lowest BCUT2D eigenvalue weighted by Gasteiger charge is -2.35. The third kappa shape index (κ3) is 8.43. The summed E-state index contributed by atoms with van der Waals surface area (Å²) in [4.78, 5) is 18.4. The largest absolute Gasteiger partial charge is 0.469 e. The van der Waals surface area contributed by atoms with Gasteiger partial charge in [-0.25, -0.2) is 4.39 Å². The summed E-state index contributed by atoms with van der Waals surface area (Å²) >= 11 is 0. The van der Waals surface area contributed by atoms with Gasteiger partial charge in [0.15, 0.2) is 5.96 Å². The minimum atomic E-state index is -0.312. The van der Waals surface area contributed by atoms with E-state index in [1.54, 1.807) is 6.92 Å². The van der Waals surface area contributed by atoms with Gasteiger partial charge in [-0.2, -0.15) is 0 Å². The van der Waals surface area contributed by atoms with Crippen LogP contribution in [0.3, 0.4) is 0 Å². The van der Waals surface area contributed by atoms with Crippen LogP contribution >= 0.6 is 24.0 Å². The highest BCUT2D eigenvalue weighted by atomic mass is 127. The molecule has 29 heavy (non-hydrogen) atoms. The van der Waals surface area contributed by atoms with E-state index in [4.69, 9.17) is 9.47 Å². The Morgan fingerprint density at radius 2 is 1.93 bits per heavy atom. The van der Waals surface area contributed by atoms with Gasteiger partial charge in [-0.1, -0.05) is 19.1 Å². The Bertz CT molecular complexity index is 639. The Balaban J connectivity index is 0.00000420. The van der Waals surface area contributed by atoms with Crippen LogP contribution in [0.15, 0.2) is 29.3 Å². The Hall–Kier alpha value is -1.46. The predicted octanol–water partition coefficient (Wildman–Crippen LogP) is 2.18. The van der Waals surface area contributed by atoms with Gasteiger partial charge >= 0.3 is 5.97 Å². The number of hydrogen-bond donors (Lipinski definition) is 2. The monoisotopic (exact) mass is 522 g/mol. The lowest BCUT2D eigenvalue weighted by Crippen LogP contribution is -2.46. The molecule has 2 unspecified atom stereocenters. The van der Waals surface area contributed by atoms with Gasteiger partial charge in [0.1, 0.15) is 5.82 Å². The molecule has 1 aromatic carbocycles. The van der Waals surface area contributed by atoms with E-state index in [0.29, 0.717) is 38.8 Å². The van der Waals surface area contributed by atoms with Crippen LogP contribution in [0.2, 0.25) is 0 Å². The van der Waals surface area contributed by atoms with E-state index >= 15 is 0 Å². The number of carbonyl (C=O) groups is 1. The zero-order valence-corrected chi connectivity index (χ0v) is 19.6. The smallest absolute Gasteiger partial charge is 0.310 e. The van der Waals surface area contributed by atoms with E-state index in [-0.39, 0.29) is 47.7 Å². The molecule has 0 radical (unpaired) electrons. The number of halogens is 2. The van der Waals surface area contributed by atoms with Crippen molar-refractivity contribution in [3.05, 3.63) is 35.6 Å². The number of methoxy groups -OCH3 is 1. The fourth-order valence-corrected chi connectivity index (χ4v) is 3.07. The summed E-state index contributed by atoms with van der Waals surface area (Å²) in [5.74, 6) is -0.201. The van der Waals surface area contributed by atoms with Gasteiger partial charge in [0.05, 0.1) is 38.8 Å². The first kappa shape index (κ1) is 25.6. The number of aliphatic imine (C=N–C) groups is 1. The molecule has 1 heterocycles. The molecule has 2 atom stereocenters. The molecule has 0 aliphatic carbocycles. The molecule has 1 saturated heterocycles. The highest BCUT2D eigenvalue weighted by molar-refractivity contribution is 14.0. The molecule has 1 aliphatic heterocycles. The minimum Gasteiger partial charge on any atom is -0.469 e. The van der Waals surface area contributed by atoms with Gasteiger partial charge in [-0.05, 0) is 24.6 Å². The van der Waals surface area contributed by atoms with Gasteiger partial charge in [0, 0.05) is 26.2 Å². The number of ether oxygens (including phenoxy) is 2. The summed E-state index contributed by atoms with van der Waals surface area (Å²) in [5.41, 5.74) is 1.04. The molecule has 0 amide bonds. The lowest BCUT2D eigenvalue weighted by molar-refractivity contribution is -0.144. The lowest BCUT2D eigenvalue weighted by atomic mass is 10.0. The average Bonchev–Trinajstić information content (AvgIpc) is 2.73. The fourth-order valence-electron chi connectivity index (χ4n) is 3.07. The van der Waals surface area contributed by atoms with Crippen LogP contribution in [0.4, 0.5) is 4.39 Å². The second kappa shape index (κ2) is 13.7. The van der Waals surface area contributed by atoms with Gasteiger partial charge in [0.25, 0.3) is 0 Å². The molecule has 2 N–H and O–H groups in total. The van der Waals surface area contributed by atoms with Crippen LogP contribution in [0.1, 0.15) is 25.5 Å². The van der Waals surface area contributed by atoms with E-state index < -0.39 is 0 Å². The first-order chi connectivity index (χ1) is 13.5. The van der Waals surface area contributed by atoms with E-state index in [1.165, 1.54) is 19.2 Å². The number of rotatable bonds is 8. The van der Waals surface area contributed by atoms with Crippen molar-refractivity contribution < 1.29 is 18.7 Å². The molecule has 0 spiro atoms. The summed E-state index contributed by atoms with van der Waals surface area (Å²) in [6.07, 6.45) is 0. The van der Waals surface area contributed by atoms with Crippen LogP contribution in [-0.2, 0) is 14.3 Å². The van der Waals surface area contributed by atoms with E-state index in [0.717, 1.165) is 18.7 Å². The molecule has 1 fully saturated rings. The summed E-state index contributed by atoms with van der Waals surface area (Å²) in [7, 11) is 1.38. The van der Waals surface area contributed by atoms with Crippen molar-refractivity contribution in [2.24, 2.45) is 10.9 Å². The molecular weight excluding hydrogens is 490 g/mol. The second-order valence-corrected chi connectivity index (χ2v) is 6.74. The van der Waals surface area contributed by atoms with Gasteiger partial charge in [-0.15, -0.1) is 24.0 Å². The second-order valence-electron chi connectivity index (χ2n) is 6.74. The number of hydrogen-bond acceptors (Lipinski definition) is 5. The first-order valence-corrected chi connectivity index (χ1v) is 9.72. The molecule has 7 nitrogen and oxygen atoms in total. The van der Waals surface area contributed by atoms with Gasteiger partial charge in [0.2, 0.25) is 0 Å². The number of esters is 1. The minimum absolute atomic E-state index is 0. The van der Waals surface area contributed by atoms with Gasteiger partial charge < -0.3 is 20.1 Å². The quantitative estimate of drug-likeness (QED) is 0.236. The molecule has 0 bridgehead atoms. The van der Waals surface area contributed by atoms with Crippen molar-refractivity contribution in [2.45, 2.75) is 19.9 Å². The Kier molecular flexibility index (Phi) is 12.1. The topological polar surface area (TPSA) is 75.2 Å². The Morgan fingerprint density at radius 1 is 1.28 bits per heavy atom. The SMILES string of the molecule is CCNC(=NCC(C)C(=O)OC)NCC(c1ccc(F)cc1)N1CCOCC1.I. The van der Waals surface area contributed by atoms with Crippen LogP contribution in [0.25, 0.3) is 0 Å².